The van der Waals surface area contributed by atoms with E-state index < -0.39 is 115 Å². The lowest BCUT2D eigenvalue weighted by atomic mass is 9.87. The number of phosphoric acid groups is 3. The maximum absolute atomic E-state index is 13.8. The van der Waals surface area contributed by atoms with Gasteiger partial charge in [0, 0.05) is 37.2 Å². The van der Waals surface area contributed by atoms with Crippen LogP contribution in [0, 0.1) is 5.41 Å². The van der Waals surface area contributed by atoms with Gasteiger partial charge in [-0.3, -0.25) is 42.6 Å². The van der Waals surface area contributed by atoms with Crippen molar-refractivity contribution < 1.29 is 95.2 Å². The van der Waals surface area contributed by atoms with E-state index in [1.807, 2.05) is 30.3 Å². The molecule has 2 aliphatic rings. The third kappa shape index (κ3) is 18.4. The van der Waals surface area contributed by atoms with Crippen LogP contribution < -0.4 is 27.4 Å². The zero-order valence-electron chi connectivity index (χ0n) is 41.3. The standard InChI is InChI=1S/C42H65N10O20P3S/c1-42(2,22-69-75(66,67)72-74(64,65)68-21-29-33(71-73(61,62)63)32(54)39(70-29)52-24-49-31-35(44)47-23-48-36(31)52)34(55)37(56)46-17-15-30(53)45-18-20-76-41(60)27(14-13-25-9-4-3-5-10-25)50-26(11-6-7-16-43)38(57)51-19-8-12-28(51)40(58)59/h3-5,9-10,23-24,26-29,32-34,39,50,54-55H,6-8,11-22,43H2,1-2H3,(H,45,53)(H,46,56)(H,58,59)(H,64,65)(H,66,67)(H2,44,47,48)(H2,61,62,63)/t26-,27-,28-,29?,32?,33?,34?,39?/m0/s1. The van der Waals surface area contributed by atoms with Crippen molar-refractivity contribution in [1.29, 1.82) is 0 Å². The predicted molar refractivity (Wildman–Crippen MR) is 268 cm³/mol. The smallest absolute Gasteiger partial charge is 0.480 e. The highest BCUT2D eigenvalue weighted by atomic mass is 32.2. The maximum atomic E-state index is 13.8. The van der Waals surface area contributed by atoms with Gasteiger partial charge in [0.2, 0.25) is 22.8 Å². The number of hydrogen-bond donors (Lipinski definition) is 12. The molecule has 2 saturated heterocycles. The Balaban J connectivity index is 1.06. The number of carbonyl (C=O) groups is 5. The summed E-state index contributed by atoms with van der Waals surface area (Å²) in [5.41, 5.74) is 10.9. The molecule has 0 saturated carbocycles. The fraction of sp³-hybridized carbons (Fsp3) is 0.619. The van der Waals surface area contributed by atoms with Crippen LogP contribution in [0.2, 0.25) is 0 Å². The van der Waals surface area contributed by atoms with E-state index in [1.54, 1.807) is 0 Å². The first-order chi connectivity index (χ1) is 35.7. The number of nitrogens with one attached hydrogen (secondary N) is 3. The summed E-state index contributed by atoms with van der Waals surface area (Å²) in [4.78, 5) is 118. The third-order valence-corrected chi connectivity index (χ3v) is 16.1. The number of benzene rings is 1. The van der Waals surface area contributed by atoms with E-state index in [2.05, 4.69) is 39.7 Å². The molecule has 2 aliphatic heterocycles. The molecule has 10 atom stereocenters. The first-order valence-electron chi connectivity index (χ1n) is 23.8. The Labute approximate surface area is 439 Å². The van der Waals surface area contributed by atoms with Gasteiger partial charge < -0.3 is 66.6 Å². The Kier molecular flexibility index (Phi) is 23.0. The number of aliphatic hydroxyl groups is 2. The average Bonchev–Trinajstić information content (AvgIpc) is 4.10. The molecule has 5 rings (SSSR count). The number of nitrogens with zero attached hydrogens (tertiary/aromatic N) is 5. The fourth-order valence-corrected chi connectivity index (χ4v) is 11.7. The topological polar surface area (TPSA) is 459 Å². The Morgan fingerprint density at radius 3 is 2.36 bits per heavy atom. The van der Waals surface area contributed by atoms with Gasteiger partial charge in [0.25, 0.3) is 0 Å². The van der Waals surface area contributed by atoms with Crippen LogP contribution in [0.5, 0.6) is 0 Å². The van der Waals surface area contributed by atoms with Crippen LogP contribution in [0.1, 0.15) is 70.6 Å². The number of carboxylic acids is 1. The summed E-state index contributed by atoms with van der Waals surface area (Å²) in [6, 6.07) is 6.81. The van der Waals surface area contributed by atoms with Crippen LogP contribution in [0.4, 0.5) is 5.82 Å². The molecule has 0 radical (unpaired) electrons. The van der Waals surface area contributed by atoms with E-state index in [9.17, 15) is 72.6 Å². The highest BCUT2D eigenvalue weighted by molar-refractivity contribution is 8.13. The van der Waals surface area contributed by atoms with Gasteiger partial charge in [0.05, 0.1) is 31.6 Å². The number of hydrogen-bond acceptors (Lipinski definition) is 22. The summed E-state index contributed by atoms with van der Waals surface area (Å²) >= 11 is 0.932. The van der Waals surface area contributed by atoms with Gasteiger partial charge in [-0.05, 0) is 50.6 Å². The first kappa shape index (κ1) is 62.5. The number of imidazole rings is 1. The van der Waals surface area contributed by atoms with E-state index in [1.165, 1.54) is 18.7 Å². The zero-order valence-corrected chi connectivity index (χ0v) is 44.8. The summed E-state index contributed by atoms with van der Waals surface area (Å²) in [6.45, 7) is 0.778. The molecule has 1 aromatic carbocycles. The van der Waals surface area contributed by atoms with Crippen LogP contribution in [0.25, 0.3) is 11.2 Å². The minimum atomic E-state index is -5.63. The lowest BCUT2D eigenvalue weighted by Crippen LogP contribution is -2.54. The summed E-state index contributed by atoms with van der Waals surface area (Å²) in [5.74, 6) is -2.98. The Bertz CT molecular complexity index is 2620. The van der Waals surface area contributed by atoms with Crippen LogP contribution in [-0.2, 0) is 66.7 Å². The number of unbranched alkanes of at least 4 members (excludes halogenated alkanes) is 1. The molecule has 76 heavy (non-hydrogen) atoms. The zero-order chi connectivity index (χ0) is 56.0. The second-order valence-electron chi connectivity index (χ2n) is 18.3. The summed E-state index contributed by atoms with van der Waals surface area (Å²) < 4.78 is 62.7. The highest BCUT2D eigenvalue weighted by Gasteiger charge is 2.50. The minimum Gasteiger partial charge on any atom is -0.480 e. The number of thioether (sulfide) groups is 1. The summed E-state index contributed by atoms with van der Waals surface area (Å²) in [7, 11) is -16.6. The maximum Gasteiger partial charge on any atom is 0.481 e. The number of ether oxygens (including phenoxy) is 1. The average molecular weight is 1160 g/mol. The Hall–Kier alpha value is -4.36. The molecule has 2 fully saturated rings. The van der Waals surface area contributed by atoms with E-state index in [4.69, 9.17) is 25.3 Å². The second-order valence-corrected chi connectivity index (χ2v) is 23.7. The van der Waals surface area contributed by atoms with Gasteiger partial charge in [-0.2, -0.15) is 4.31 Å². The van der Waals surface area contributed by atoms with Crippen molar-refractivity contribution in [2.24, 2.45) is 11.1 Å². The van der Waals surface area contributed by atoms with E-state index in [0.717, 1.165) is 34.5 Å². The van der Waals surface area contributed by atoms with Crippen molar-refractivity contribution >= 4 is 81.0 Å². The number of rotatable bonds is 31. The van der Waals surface area contributed by atoms with Gasteiger partial charge in [-0.1, -0.05) is 62.4 Å². The van der Waals surface area contributed by atoms with Crippen LogP contribution in [-0.4, -0.2) is 176 Å². The van der Waals surface area contributed by atoms with Gasteiger partial charge >= 0.3 is 29.4 Å². The fourth-order valence-electron chi connectivity index (χ4n) is 8.11. The molecule has 2 aromatic heterocycles. The molecule has 14 N–H and O–H groups in total. The van der Waals surface area contributed by atoms with Crippen molar-refractivity contribution in [3.05, 3.63) is 48.5 Å². The lowest BCUT2D eigenvalue weighted by Gasteiger charge is -2.30. The second kappa shape index (κ2) is 28.0. The number of aromatic nitrogens is 4. The molecule has 3 aromatic rings. The third-order valence-electron chi connectivity index (χ3n) is 12.1. The SMILES string of the molecule is CC(C)(COP(=O)(O)OP(=O)(O)OCC1OC(n2cnc3c(N)ncnc32)C(O)C1OP(=O)(O)O)C(O)C(=O)NCCC(=O)NCCSC(=O)[C@H](CCc1ccccc1)N[C@@H](CCCCN)C(=O)N1CCC[C@H]1C(=O)O. The quantitative estimate of drug-likeness (QED) is 0.0294. The number of aliphatic hydroxyl groups excluding tert-OH is 2. The molecule has 0 bridgehead atoms. The number of nitrogens with two attached hydrogens (primary N) is 2. The van der Waals surface area contributed by atoms with Crippen LogP contribution >= 0.6 is 35.2 Å². The highest BCUT2D eigenvalue weighted by Crippen LogP contribution is 2.61. The van der Waals surface area contributed by atoms with E-state index >= 15 is 0 Å². The number of nitrogen functional groups attached to an aromatic ring is 1. The molecule has 7 unspecified atom stereocenters. The normalized spacial score (nSPS) is 21.9. The number of carboxylic acid groups (broad SMARTS) is 1. The Morgan fingerprint density at radius 1 is 0.961 bits per heavy atom. The monoisotopic (exact) mass is 1150 g/mol. The molecule has 34 heteroatoms. The summed E-state index contributed by atoms with van der Waals surface area (Å²) in [6.07, 6.45) is -4.03. The van der Waals surface area contributed by atoms with Crippen molar-refractivity contribution in [3.63, 3.8) is 0 Å². The molecule has 424 valence electrons. The van der Waals surface area contributed by atoms with Crippen molar-refractivity contribution in [1.82, 2.24) is 40.4 Å². The van der Waals surface area contributed by atoms with Gasteiger partial charge in [0.15, 0.2) is 17.7 Å². The largest absolute Gasteiger partial charge is 0.481 e. The van der Waals surface area contributed by atoms with Crippen molar-refractivity contribution in [2.45, 2.75) is 114 Å². The van der Waals surface area contributed by atoms with Crippen molar-refractivity contribution in [2.75, 3.05) is 50.9 Å². The van der Waals surface area contributed by atoms with Gasteiger partial charge in [-0.25, -0.2) is 33.4 Å². The van der Waals surface area contributed by atoms with Crippen molar-refractivity contribution in [3.8, 4) is 0 Å². The van der Waals surface area contributed by atoms with Crippen LogP contribution in [0.3, 0.4) is 0 Å². The van der Waals surface area contributed by atoms with Gasteiger partial charge in [-0.15, -0.1) is 0 Å². The lowest BCUT2D eigenvalue weighted by molar-refractivity contribution is -0.149. The van der Waals surface area contributed by atoms with E-state index in [-0.39, 0.29) is 53.9 Å². The molecule has 3 amide bonds. The number of amides is 3. The van der Waals surface area contributed by atoms with Gasteiger partial charge in [0.1, 0.15) is 42.3 Å². The number of carbonyl (C=O) groups excluding carboxylic acids is 4. The van der Waals surface area contributed by atoms with E-state index in [0.29, 0.717) is 51.5 Å². The number of phosphoric ester groups is 3. The Morgan fingerprint density at radius 2 is 1.67 bits per heavy atom. The number of likely N-dealkylation sites (tertiary alicyclic amines) is 1. The molecule has 0 aliphatic carbocycles. The molecular formula is C42H65N10O20P3S. The molecule has 0 spiro atoms. The minimum absolute atomic E-state index is 0.0131. The number of anilines is 1. The number of aryl methyl sites for hydroxylation is 1. The summed E-state index contributed by atoms with van der Waals surface area (Å²) in [5, 5.41) is 39.4. The number of fused-ring (bicyclic) bond motifs is 1. The molecular weight excluding hydrogens is 1090 g/mol. The van der Waals surface area contributed by atoms with Crippen LogP contribution in [0.15, 0.2) is 43.0 Å². The predicted octanol–water partition coefficient (Wildman–Crippen LogP) is -0.171. The molecule has 4 heterocycles. The first-order valence-corrected chi connectivity index (χ1v) is 29.3. The molecule has 30 nitrogen and oxygen atoms in total. The number of aliphatic carboxylic acids is 1.